The minimum atomic E-state index is -0.863. The van der Waals surface area contributed by atoms with Crippen molar-refractivity contribution in [1.29, 1.82) is 0 Å². The summed E-state index contributed by atoms with van der Waals surface area (Å²) in [5.41, 5.74) is 2.40. The van der Waals surface area contributed by atoms with E-state index in [-0.39, 0.29) is 35.9 Å². The van der Waals surface area contributed by atoms with Gasteiger partial charge in [0.2, 0.25) is 23.0 Å². The lowest BCUT2D eigenvalue weighted by molar-refractivity contribution is -0.140. The molecule has 0 aromatic heterocycles. The number of benzene rings is 1. The van der Waals surface area contributed by atoms with Crippen LogP contribution in [-0.2, 0) is 20.8 Å². The Kier molecular flexibility index (Phi) is 12.4. The van der Waals surface area contributed by atoms with E-state index in [0.717, 1.165) is 43.2 Å². The average molecular weight is 670 g/mol. The molecule has 47 heavy (non-hydrogen) atoms. The van der Waals surface area contributed by atoms with Gasteiger partial charge in [0.05, 0.1) is 39.5 Å². The highest BCUT2D eigenvalue weighted by Crippen LogP contribution is 2.50. The van der Waals surface area contributed by atoms with Crippen LogP contribution in [0, 0.1) is 5.41 Å². The largest absolute Gasteiger partial charge is 0.493 e. The van der Waals surface area contributed by atoms with Crippen molar-refractivity contribution < 1.29 is 33.7 Å². The van der Waals surface area contributed by atoms with E-state index in [1.54, 1.807) is 32.0 Å². The number of amides is 2. The van der Waals surface area contributed by atoms with Crippen LogP contribution in [-0.4, -0.2) is 68.8 Å². The van der Waals surface area contributed by atoms with Crippen LogP contribution in [0.1, 0.15) is 75.5 Å². The Morgan fingerprint density at radius 1 is 1.04 bits per heavy atom. The van der Waals surface area contributed by atoms with Gasteiger partial charge in [-0.05, 0) is 84.4 Å². The summed E-state index contributed by atoms with van der Waals surface area (Å²) in [7, 11) is 4.64. The quantitative estimate of drug-likeness (QED) is 0.218. The van der Waals surface area contributed by atoms with Gasteiger partial charge in [-0.25, -0.2) is 0 Å². The minimum absolute atomic E-state index is 0.0119. The number of carbonyl (C=O) groups is 3. The second kappa shape index (κ2) is 16.3. The first-order valence-corrected chi connectivity index (χ1v) is 17.5. The van der Waals surface area contributed by atoms with Gasteiger partial charge < -0.3 is 35.3 Å². The van der Waals surface area contributed by atoms with E-state index < -0.39 is 23.5 Å². The number of hydrogen-bond donors (Lipinski definition) is 4. The molecule has 256 valence electrons. The average Bonchev–Trinajstić information content (AvgIpc) is 3.29. The molecule has 4 rings (SSSR count). The SMILES string of the molecule is COc1cc2c(c(OC)c1OC)-c1ccc(N[C@@H](CCSC)C(=O)NCC3(CC(=O)O)CCCCC3)c(=O)cc1[C@@H](NC(C)=O)CC2. The Balaban J connectivity index is 1.75. The fourth-order valence-electron chi connectivity index (χ4n) is 6.96. The number of methoxy groups -OCH3 is 3. The number of anilines is 1. The van der Waals surface area contributed by atoms with Gasteiger partial charge in [-0.2, -0.15) is 11.8 Å². The summed E-state index contributed by atoms with van der Waals surface area (Å²) in [4.78, 5) is 51.5. The van der Waals surface area contributed by atoms with Crippen LogP contribution in [0.3, 0.4) is 0 Å². The molecule has 0 saturated heterocycles. The number of rotatable bonds is 14. The first-order chi connectivity index (χ1) is 22.6. The topological polar surface area (TPSA) is 152 Å². The van der Waals surface area contributed by atoms with E-state index in [2.05, 4.69) is 16.0 Å². The maximum atomic E-state index is 13.9. The minimum Gasteiger partial charge on any atom is -0.493 e. The van der Waals surface area contributed by atoms with Crippen molar-refractivity contribution in [2.75, 3.05) is 45.2 Å². The maximum Gasteiger partial charge on any atom is 0.303 e. The highest BCUT2D eigenvalue weighted by atomic mass is 32.2. The first kappa shape index (κ1) is 35.9. The molecule has 1 saturated carbocycles. The van der Waals surface area contributed by atoms with Gasteiger partial charge >= 0.3 is 5.97 Å². The predicted molar refractivity (Wildman–Crippen MR) is 184 cm³/mol. The lowest BCUT2D eigenvalue weighted by atomic mass is 9.71. The number of nitrogens with one attached hydrogen (secondary N) is 3. The number of fused-ring (bicyclic) bond motifs is 3. The molecule has 2 aromatic carbocycles. The number of carboxylic acids is 1. The third kappa shape index (κ3) is 8.51. The van der Waals surface area contributed by atoms with Crippen LogP contribution in [0.4, 0.5) is 5.69 Å². The van der Waals surface area contributed by atoms with Gasteiger partial charge in [0.1, 0.15) is 6.04 Å². The van der Waals surface area contributed by atoms with E-state index >= 15 is 0 Å². The highest BCUT2D eigenvalue weighted by molar-refractivity contribution is 7.98. The molecule has 0 spiro atoms. The van der Waals surface area contributed by atoms with E-state index in [9.17, 15) is 24.3 Å². The predicted octanol–water partition coefficient (Wildman–Crippen LogP) is 4.94. The smallest absolute Gasteiger partial charge is 0.303 e. The zero-order valence-electron chi connectivity index (χ0n) is 28.0. The molecule has 4 N–H and O–H groups in total. The zero-order chi connectivity index (χ0) is 34.1. The summed E-state index contributed by atoms with van der Waals surface area (Å²) in [6.07, 6.45) is 7.98. The van der Waals surface area contributed by atoms with Gasteiger partial charge in [-0.3, -0.25) is 19.2 Å². The standard InChI is InChI=1S/C35H47N3O8S/c1-21(39)37-25-11-9-22-17-29(44-2)32(45-3)33(46-4)31(22)23-10-12-26(28(40)18-24(23)25)38-27(13-16-47-5)34(43)36-20-35(19-30(41)42)14-7-6-8-15-35/h10,12,17-18,25,27H,6-9,11,13-16,19-20H2,1-5H3,(H,36,43)(H,37,39)(H,38,40)(H,41,42)/t25-,27-/m0/s1. The van der Waals surface area contributed by atoms with Crippen molar-refractivity contribution in [2.24, 2.45) is 5.41 Å². The summed E-state index contributed by atoms with van der Waals surface area (Å²) in [6, 6.07) is 5.73. The molecule has 0 unspecified atom stereocenters. The van der Waals surface area contributed by atoms with Crippen LogP contribution in [0.25, 0.3) is 11.1 Å². The number of carboxylic acid groups (broad SMARTS) is 1. The van der Waals surface area contributed by atoms with Crippen LogP contribution < -0.4 is 35.6 Å². The lowest BCUT2D eigenvalue weighted by Gasteiger charge is -2.36. The molecule has 2 aromatic rings. The summed E-state index contributed by atoms with van der Waals surface area (Å²) in [6.45, 7) is 1.72. The molecular weight excluding hydrogens is 622 g/mol. The summed E-state index contributed by atoms with van der Waals surface area (Å²) in [5.74, 6) is 0.688. The Hall–Kier alpha value is -3.93. The molecule has 0 heterocycles. The molecular formula is C35H47N3O8S. The monoisotopic (exact) mass is 669 g/mol. The summed E-state index contributed by atoms with van der Waals surface area (Å²) >= 11 is 1.59. The number of thioether (sulfide) groups is 1. The van der Waals surface area contributed by atoms with Crippen LogP contribution in [0.5, 0.6) is 17.2 Å². The van der Waals surface area contributed by atoms with E-state index in [1.807, 2.05) is 18.4 Å². The van der Waals surface area contributed by atoms with Gasteiger partial charge in [0.25, 0.3) is 0 Å². The number of aryl methyl sites for hydroxylation is 1. The molecule has 12 heteroatoms. The van der Waals surface area contributed by atoms with E-state index in [1.165, 1.54) is 20.1 Å². The van der Waals surface area contributed by atoms with Gasteiger partial charge in [0.15, 0.2) is 11.5 Å². The third-order valence-electron chi connectivity index (χ3n) is 9.25. The molecule has 0 bridgehead atoms. The van der Waals surface area contributed by atoms with Crippen molar-refractivity contribution >= 4 is 35.2 Å². The second-order valence-corrected chi connectivity index (χ2v) is 13.4. The van der Waals surface area contributed by atoms with Crippen molar-refractivity contribution in [2.45, 2.75) is 76.8 Å². The fourth-order valence-corrected chi connectivity index (χ4v) is 7.43. The van der Waals surface area contributed by atoms with Gasteiger partial charge in [-0.1, -0.05) is 25.3 Å². The molecule has 2 amide bonds. The van der Waals surface area contributed by atoms with E-state index in [0.29, 0.717) is 53.4 Å². The number of carbonyl (C=O) groups excluding carboxylic acids is 2. The number of ether oxygens (including phenoxy) is 3. The lowest BCUT2D eigenvalue weighted by Crippen LogP contribution is -2.46. The van der Waals surface area contributed by atoms with Crippen LogP contribution >= 0.6 is 11.8 Å². The fraction of sp³-hybridized carbons (Fsp3) is 0.543. The number of aliphatic carboxylic acids is 1. The Morgan fingerprint density at radius 2 is 1.77 bits per heavy atom. The molecule has 2 atom stereocenters. The summed E-state index contributed by atoms with van der Waals surface area (Å²) < 4.78 is 17.1. The molecule has 2 aliphatic rings. The third-order valence-corrected chi connectivity index (χ3v) is 9.89. The normalized spacial score (nSPS) is 17.2. The molecule has 1 fully saturated rings. The van der Waals surface area contributed by atoms with Gasteiger partial charge in [0, 0.05) is 19.0 Å². The van der Waals surface area contributed by atoms with Crippen molar-refractivity contribution in [3.8, 4) is 28.4 Å². The van der Waals surface area contributed by atoms with Crippen LogP contribution in [0.15, 0.2) is 29.1 Å². The Morgan fingerprint density at radius 3 is 2.38 bits per heavy atom. The number of hydrogen-bond acceptors (Lipinski definition) is 9. The van der Waals surface area contributed by atoms with E-state index in [4.69, 9.17) is 14.2 Å². The first-order valence-electron chi connectivity index (χ1n) is 16.1. The van der Waals surface area contributed by atoms with Crippen molar-refractivity contribution in [3.05, 3.63) is 45.6 Å². The summed E-state index contributed by atoms with van der Waals surface area (Å²) in [5, 5.41) is 18.8. The molecule has 0 aliphatic heterocycles. The maximum absolute atomic E-state index is 13.9. The Labute approximate surface area is 280 Å². The molecule has 2 aliphatic carbocycles. The van der Waals surface area contributed by atoms with Crippen LogP contribution in [0.2, 0.25) is 0 Å². The van der Waals surface area contributed by atoms with Crippen molar-refractivity contribution in [3.63, 3.8) is 0 Å². The zero-order valence-corrected chi connectivity index (χ0v) is 28.8. The Bertz CT molecular complexity index is 1530. The molecule has 0 radical (unpaired) electrons. The highest BCUT2D eigenvalue weighted by Gasteiger charge is 2.36. The molecule has 11 nitrogen and oxygen atoms in total. The second-order valence-electron chi connectivity index (χ2n) is 12.4. The van der Waals surface area contributed by atoms with Gasteiger partial charge in [-0.15, -0.1) is 0 Å². The van der Waals surface area contributed by atoms with Crippen molar-refractivity contribution in [1.82, 2.24) is 10.6 Å².